The van der Waals surface area contributed by atoms with Gasteiger partial charge in [-0.25, -0.2) is 0 Å². The van der Waals surface area contributed by atoms with Crippen molar-refractivity contribution in [1.82, 2.24) is 0 Å². The van der Waals surface area contributed by atoms with Gasteiger partial charge in [0.05, 0.1) is 0 Å². The van der Waals surface area contributed by atoms with Crippen LogP contribution in [-0.4, -0.2) is 60.0 Å². The number of benzene rings is 2. The maximum absolute atomic E-state index is 13.3. The molecule has 2 aliphatic rings. The first-order valence-corrected chi connectivity index (χ1v) is 14.6. The summed E-state index contributed by atoms with van der Waals surface area (Å²) in [5.74, 6) is 0.0664. The van der Waals surface area contributed by atoms with Crippen LogP contribution in [0.2, 0.25) is 0 Å². The minimum atomic E-state index is -0.0242. The molecule has 0 saturated carbocycles. The van der Waals surface area contributed by atoms with E-state index < -0.39 is 0 Å². The SMILES string of the molecule is CC[n+]1c(C=C2C(=NCCO)C(C=C3[Se]c4ccccc4[NH+]3CC)=C2[O-])[se]c2ccccc21. The van der Waals surface area contributed by atoms with Gasteiger partial charge in [-0.3, -0.25) is 0 Å². The second-order valence-electron chi connectivity index (χ2n) is 7.85. The van der Waals surface area contributed by atoms with Crippen molar-refractivity contribution in [1.29, 1.82) is 0 Å². The van der Waals surface area contributed by atoms with Crippen molar-refractivity contribution in [2.45, 2.75) is 20.4 Å². The van der Waals surface area contributed by atoms with Crippen molar-refractivity contribution in [3.05, 3.63) is 80.7 Å². The summed E-state index contributed by atoms with van der Waals surface area (Å²) < 4.78 is 7.49. The van der Waals surface area contributed by atoms with Crippen molar-refractivity contribution in [3.63, 3.8) is 0 Å². The quantitative estimate of drug-likeness (QED) is 0.326. The Hall–Kier alpha value is -2.24. The van der Waals surface area contributed by atoms with E-state index in [4.69, 9.17) is 0 Å². The molecule has 0 saturated heterocycles. The van der Waals surface area contributed by atoms with Crippen LogP contribution in [0.1, 0.15) is 18.4 Å². The van der Waals surface area contributed by atoms with Crippen molar-refractivity contribution in [2.75, 3.05) is 19.7 Å². The number of hydrogen-bond donors (Lipinski definition) is 2. The number of aliphatic hydroxyl groups is 1. The summed E-state index contributed by atoms with van der Waals surface area (Å²) in [5, 5.41) is 22.7. The molecule has 33 heavy (non-hydrogen) atoms. The number of hydrogen-bond acceptors (Lipinski definition) is 3. The summed E-state index contributed by atoms with van der Waals surface area (Å²) in [5.41, 5.74) is 4.69. The molecule has 1 aromatic heterocycles. The Kier molecular flexibility index (Phi) is 6.53. The van der Waals surface area contributed by atoms with Gasteiger partial charge in [0.2, 0.25) is 0 Å². The van der Waals surface area contributed by atoms with Gasteiger partial charge in [0.15, 0.2) is 0 Å². The van der Waals surface area contributed by atoms with Crippen LogP contribution in [0.5, 0.6) is 0 Å². The molecule has 0 spiro atoms. The topological polar surface area (TPSA) is 64.0 Å². The molecule has 2 heterocycles. The number of aliphatic hydroxyl groups excluding tert-OH is 1. The van der Waals surface area contributed by atoms with E-state index in [2.05, 4.69) is 78.0 Å². The Labute approximate surface area is 206 Å². The van der Waals surface area contributed by atoms with Crippen LogP contribution in [-0.2, 0) is 6.54 Å². The first-order valence-electron chi connectivity index (χ1n) is 11.2. The van der Waals surface area contributed by atoms with E-state index in [1.807, 2.05) is 6.08 Å². The number of allylic oxidation sites excluding steroid dienone is 3. The van der Waals surface area contributed by atoms with E-state index in [0.717, 1.165) is 18.8 Å². The fourth-order valence-electron chi connectivity index (χ4n) is 4.38. The van der Waals surface area contributed by atoms with Crippen LogP contribution in [0.25, 0.3) is 15.9 Å². The van der Waals surface area contributed by atoms with Crippen molar-refractivity contribution in [2.24, 2.45) is 4.99 Å². The molecule has 0 amide bonds. The molecule has 0 radical (unpaired) electrons. The zero-order valence-electron chi connectivity index (χ0n) is 18.7. The molecule has 1 aliphatic carbocycles. The standard InChI is InChI=1S/C26H25N3O2Se2/c1-3-28-19-9-5-7-11-21(19)32-23(28)15-17-25(27-13-14-30)18(26(17)31)16-24-29(4-2)20-10-6-8-12-22(20)33-24/h5-12,15-16,30H,3-4,13-14H2,1-2H3/p+1. The second kappa shape index (κ2) is 9.55. The molecule has 2 N–H and O–H groups in total. The maximum atomic E-state index is 13.3. The number of para-hydroxylation sites is 2. The first kappa shape index (κ1) is 22.5. The third kappa shape index (κ3) is 4.00. The van der Waals surface area contributed by atoms with E-state index >= 15 is 0 Å². The summed E-state index contributed by atoms with van der Waals surface area (Å²) in [4.78, 5) is 5.95. The monoisotopic (exact) mass is 572 g/mol. The Morgan fingerprint density at radius 3 is 2.67 bits per heavy atom. The minimum absolute atomic E-state index is 0.0242. The zero-order chi connectivity index (χ0) is 22.9. The predicted octanol–water partition coefficient (Wildman–Crippen LogP) is 0.0699. The van der Waals surface area contributed by atoms with Crippen molar-refractivity contribution >= 4 is 61.2 Å². The second-order valence-corrected chi connectivity index (χ2v) is 12.3. The van der Waals surface area contributed by atoms with Crippen LogP contribution in [0, 0.1) is 0 Å². The van der Waals surface area contributed by atoms with Gasteiger partial charge in [-0.15, -0.1) is 0 Å². The summed E-state index contributed by atoms with van der Waals surface area (Å²) >= 11 is 0.357. The van der Waals surface area contributed by atoms with E-state index in [-0.39, 0.29) is 41.8 Å². The number of nitrogens with zero attached hydrogens (tertiary/aromatic N) is 2. The molecule has 1 aliphatic heterocycles. The number of aryl methyl sites for hydroxylation is 1. The Bertz CT molecular complexity index is 1350. The Morgan fingerprint density at radius 1 is 1.09 bits per heavy atom. The molecule has 1 atom stereocenters. The third-order valence-electron chi connectivity index (χ3n) is 5.95. The van der Waals surface area contributed by atoms with E-state index in [9.17, 15) is 10.2 Å². The van der Waals surface area contributed by atoms with Crippen LogP contribution < -0.4 is 19.0 Å². The van der Waals surface area contributed by atoms with Gasteiger partial charge in [-0.1, -0.05) is 0 Å². The molecular formula is C26H26N3O2Se2+. The number of rotatable bonds is 6. The molecule has 5 rings (SSSR count). The number of fused-ring (bicyclic) bond motifs is 2. The number of quaternary nitrogens is 1. The summed E-state index contributed by atoms with van der Waals surface area (Å²) in [7, 11) is 0. The van der Waals surface area contributed by atoms with Gasteiger partial charge < -0.3 is 0 Å². The van der Waals surface area contributed by atoms with Gasteiger partial charge in [-0.05, 0) is 0 Å². The fourth-order valence-corrected chi connectivity index (χ4v) is 9.44. The predicted molar refractivity (Wildman–Crippen MR) is 132 cm³/mol. The normalized spacial score (nSPS) is 21.4. The van der Waals surface area contributed by atoms with Crippen LogP contribution in [0.4, 0.5) is 5.69 Å². The fraction of sp³-hybridized carbons (Fsp3) is 0.231. The number of aromatic nitrogens is 1. The molecule has 3 aromatic rings. The Morgan fingerprint density at radius 2 is 1.88 bits per heavy atom. The zero-order valence-corrected chi connectivity index (χ0v) is 22.1. The molecule has 5 nitrogen and oxygen atoms in total. The molecule has 2 aromatic carbocycles. The van der Waals surface area contributed by atoms with Crippen molar-refractivity contribution in [3.8, 4) is 0 Å². The van der Waals surface area contributed by atoms with Crippen LogP contribution >= 0.6 is 0 Å². The first-order chi connectivity index (χ1) is 16.2. The molecule has 0 bridgehead atoms. The van der Waals surface area contributed by atoms with Gasteiger partial charge in [0.25, 0.3) is 0 Å². The summed E-state index contributed by atoms with van der Waals surface area (Å²) in [6.45, 7) is 6.41. The average Bonchev–Trinajstić information content (AvgIpc) is 3.39. The molecule has 0 fully saturated rings. The molecule has 7 heteroatoms. The molecule has 1 unspecified atom stereocenters. The summed E-state index contributed by atoms with van der Waals surface area (Å²) in [6, 6.07) is 17.0. The molecular weight excluding hydrogens is 544 g/mol. The van der Waals surface area contributed by atoms with Gasteiger partial charge in [0.1, 0.15) is 0 Å². The van der Waals surface area contributed by atoms with E-state index in [0.29, 0.717) is 17.7 Å². The van der Waals surface area contributed by atoms with Crippen molar-refractivity contribution < 1.29 is 19.7 Å². The van der Waals surface area contributed by atoms with Crippen LogP contribution in [0.15, 0.2) is 81.1 Å². The van der Waals surface area contributed by atoms with E-state index in [1.165, 1.54) is 34.0 Å². The molecule has 168 valence electrons. The van der Waals surface area contributed by atoms with Gasteiger partial charge >= 0.3 is 207 Å². The summed E-state index contributed by atoms with van der Waals surface area (Å²) in [6.07, 6.45) is 4.12. The third-order valence-corrected chi connectivity index (χ3v) is 10.7. The van der Waals surface area contributed by atoms with Gasteiger partial charge in [-0.2, -0.15) is 0 Å². The number of nitrogens with one attached hydrogen (secondary N) is 1. The average molecular weight is 570 g/mol. The Balaban J connectivity index is 1.57. The van der Waals surface area contributed by atoms with E-state index in [1.54, 1.807) is 0 Å². The van der Waals surface area contributed by atoms with Gasteiger partial charge in [0, 0.05) is 0 Å². The van der Waals surface area contributed by atoms with Crippen LogP contribution in [0.3, 0.4) is 0 Å². The number of aliphatic imine (C=N–C) groups is 1.